The highest BCUT2D eigenvalue weighted by atomic mass is 32.2. The zero-order valence-electron chi connectivity index (χ0n) is 11.9. The molecule has 0 aliphatic heterocycles. The summed E-state index contributed by atoms with van der Waals surface area (Å²) in [5.74, 6) is 0.853. The molecule has 0 aliphatic carbocycles. The third kappa shape index (κ3) is 3.85. The maximum atomic E-state index is 9.43. The second-order valence-corrected chi connectivity index (χ2v) is 5.67. The van der Waals surface area contributed by atoms with Crippen LogP contribution >= 0.6 is 11.8 Å². The number of hydrogen-bond donors (Lipinski definition) is 1. The minimum absolute atomic E-state index is 0.00367. The van der Waals surface area contributed by atoms with Crippen LogP contribution in [0.3, 0.4) is 0 Å². The Balaban J connectivity index is 2.15. The van der Waals surface area contributed by atoms with Crippen LogP contribution in [0, 0.1) is 6.92 Å². The average Bonchev–Trinajstić information content (AvgIpc) is 2.84. The summed E-state index contributed by atoms with van der Waals surface area (Å²) in [6, 6.07) is 8.42. The molecule has 1 heterocycles. The summed E-state index contributed by atoms with van der Waals surface area (Å²) < 4.78 is 7.12. The molecule has 0 spiro atoms. The molecule has 1 aromatic carbocycles. The summed E-state index contributed by atoms with van der Waals surface area (Å²) in [6.07, 6.45) is 1.74. The fraction of sp³-hybridized carbons (Fsp3) is 0.400. The Morgan fingerprint density at radius 2 is 2.05 bits per heavy atom. The van der Waals surface area contributed by atoms with Gasteiger partial charge in [-0.25, -0.2) is 4.98 Å². The van der Waals surface area contributed by atoms with Gasteiger partial charge in [-0.1, -0.05) is 41.6 Å². The van der Waals surface area contributed by atoms with Gasteiger partial charge in [0.25, 0.3) is 0 Å². The molecule has 5 heteroatoms. The number of aromatic nitrogens is 2. The topological polar surface area (TPSA) is 47.3 Å². The van der Waals surface area contributed by atoms with Gasteiger partial charge in [0.15, 0.2) is 5.16 Å². The van der Waals surface area contributed by atoms with E-state index in [9.17, 15) is 5.11 Å². The monoisotopic (exact) mass is 292 g/mol. The standard InChI is InChI=1S/C15H20N2O2S/c1-12-3-5-13(6-4-12)10-17-14(11-18)9-16-15(17)20-8-7-19-2/h3-6,9,18H,7-8,10-11H2,1-2H3. The Bertz CT molecular complexity index is 537. The van der Waals surface area contributed by atoms with E-state index in [1.807, 2.05) is 0 Å². The largest absolute Gasteiger partial charge is 0.390 e. The number of aliphatic hydroxyl groups is 1. The van der Waals surface area contributed by atoms with E-state index in [4.69, 9.17) is 4.74 Å². The van der Waals surface area contributed by atoms with Gasteiger partial charge >= 0.3 is 0 Å². The molecule has 0 bridgehead atoms. The molecule has 0 atom stereocenters. The Labute approximate surface area is 123 Å². The first-order valence-corrected chi connectivity index (χ1v) is 7.55. The number of benzene rings is 1. The molecule has 20 heavy (non-hydrogen) atoms. The van der Waals surface area contributed by atoms with Crippen LogP contribution in [-0.4, -0.2) is 34.1 Å². The minimum atomic E-state index is 0.00367. The number of imidazole rings is 1. The van der Waals surface area contributed by atoms with Gasteiger partial charge < -0.3 is 14.4 Å². The number of nitrogens with zero attached hydrogens (tertiary/aromatic N) is 2. The third-order valence-corrected chi connectivity index (χ3v) is 4.00. The summed E-state index contributed by atoms with van der Waals surface area (Å²) in [5.41, 5.74) is 3.29. The third-order valence-electron chi connectivity index (χ3n) is 3.04. The molecule has 1 aromatic heterocycles. The van der Waals surface area contributed by atoms with Gasteiger partial charge in [-0.15, -0.1) is 0 Å². The zero-order valence-corrected chi connectivity index (χ0v) is 12.7. The number of thioether (sulfide) groups is 1. The van der Waals surface area contributed by atoms with Crippen LogP contribution in [0.1, 0.15) is 16.8 Å². The van der Waals surface area contributed by atoms with E-state index in [0.717, 1.165) is 23.1 Å². The maximum Gasteiger partial charge on any atom is 0.168 e. The smallest absolute Gasteiger partial charge is 0.168 e. The molecule has 0 saturated heterocycles. The van der Waals surface area contributed by atoms with Crippen molar-refractivity contribution in [3.8, 4) is 0 Å². The SMILES string of the molecule is COCCSc1ncc(CO)n1Cc1ccc(C)cc1. The van der Waals surface area contributed by atoms with Gasteiger partial charge in [-0.2, -0.15) is 0 Å². The quantitative estimate of drug-likeness (QED) is 0.629. The fourth-order valence-corrected chi connectivity index (χ4v) is 2.79. The lowest BCUT2D eigenvalue weighted by atomic mass is 10.1. The molecule has 0 radical (unpaired) electrons. The van der Waals surface area contributed by atoms with E-state index in [1.165, 1.54) is 11.1 Å². The second-order valence-electron chi connectivity index (χ2n) is 4.60. The Morgan fingerprint density at radius 1 is 1.30 bits per heavy atom. The van der Waals surface area contributed by atoms with Crippen LogP contribution in [0.15, 0.2) is 35.6 Å². The summed E-state index contributed by atoms with van der Waals surface area (Å²) >= 11 is 1.65. The molecule has 0 amide bonds. The van der Waals surface area contributed by atoms with Crippen LogP contribution < -0.4 is 0 Å². The van der Waals surface area contributed by atoms with Crippen LogP contribution in [0.2, 0.25) is 0 Å². The van der Waals surface area contributed by atoms with E-state index in [2.05, 4.69) is 40.7 Å². The first-order chi connectivity index (χ1) is 9.74. The van der Waals surface area contributed by atoms with Crippen molar-refractivity contribution >= 4 is 11.8 Å². The lowest BCUT2D eigenvalue weighted by Crippen LogP contribution is -2.06. The van der Waals surface area contributed by atoms with Crippen molar-refractivity contribution in [2.75, 3.05) is 19.5 Å². The first-order valence-electron chi connectivity index (χ1n) is 6.57. The number of rotatable bonds is 7. The molecule has 2 aromatic rings. The van der Waals surface area contributed by atoms with Gasteiger partial charge in [0.1, 0.15) is 0 Å². The number of aliphatic hydroxyl groups excluding tert-OH is 1. The van der Waals surface area contributed by atoms with Gasteiger partial charge in [-0.3, -0.25) is 0 Å². The highest BCUT2D eigenvalue weighted by molar-refractivity contribution is 7.99. The van der Waals surface area contributed by atoms with Gasteiger partial charge in [0, 0.05) is 19.4 Å². The van der Waals surface area contributed by atoms with Crippen molar-refractivity contribution in [3.63, 3.8) is 0 Å². The van der Waals surface area contributed by atoms with Crippen molar-refractivity contribution in [1.82, 2.24) is 9.55 Å². The second kappa shape index (κ2) is 7.47. The molecule has 0 aliphatic rings. The van der Waals surface area contributed by atoms with Crippen molar-refractivity contribution in [2.24, 2.45) is 0 Å². The molecule has 2 rings (SSSR count). The summed E-state index contributed by atoms with van der Waals surface area (Å²) in [7, 11) is 1.69. The average molecular weight is 292 g/mol. The number of aryl methyl sites for hydroxylation is 1. The number of methoxy groups -OCH3 is 1. The van der Waals surface area contributed by atoms with Crippen LogP contribution in [0.25, 0.3) is 0 Å². The van der Waals surface area contributed by atoms with E-state index in [-0.39, 0.29) is 6.61 Å². The van der Waals surface area contributed by atoms with E-state index in [0.29, 0.717) is 6.61 Å². The van der Waals surface area contributed by atoms with Crippen molar-refractivity contribution in [3.05, 3.63) is 47.3 Å². The highest BCUT2D eigenvalue weighted by Crippen LogP contribution is 2.20. The van der Waals surface area contributed by atoms with Crippen LogP contribution in [0.5, 0.6) is 0 Å². The van der Waals surface area contributed by atoms with Crippen LogP contribution in [0.4, 0.5) is 0 Å². The predicted octanol–water partition coefficient (Wildman–Crippen LogP) is 2.47. The van der Waals surface area contributed by atoms with E-state index in [1.54, 1.807) is 25.1 Å². The van der Waals surface area contributed by atoms with E-state index >= 15 is 0 Å². The van der Waals surface area contributed by atoms with Gasteiger partial charge in [0.2, 0.25) is 0 Å². The summed E-state index contributed by atoms with van der Waals surface area (Å²) in [6.45, 7) is 3.50. The molecule has 1 N–H and O–H groups in total. The van der Waals surface area contributed by atoms with Crippen LogP contribution in [-0.2, 0) is 17.9 Å². The normalized spacial score (nSPS) is 10.9. The number of hydrogen-bond acceptors (Lipinski definition) is 4. The van der Waals surface area contributed by atoms with Gasteiger partial charge in [-0.05, 0) is 12.5 Å². The molecular weight excluding hydrogens is 272 g/mol. The lowest BCUT2D eigenvalue weighted by Gasteiger charge is -2.11. The maximum absolute atomic E-state index is 9.43. The highest BCUT2D eigenvalue weighted by Gasteiger charge is 2.10. The number of ether oxygens (including phenoxy) is 1. The Morgan fingerprint density at radius 3 is 2.70 bits per heavy atom. The predicted molar refractivity (Wildman–Crippen MR) is 81.0 cm³/mol. The molecule has 108 valence electrons. The van der Waals surface area contributed by atoms with Crippen molar-refractivity contribution in [2.45, 2.75) is 25.2 Å². The lowest BCUT2D eigenvalue weighted by molar-refractivity contribution is 0.218. The van der Waals surface area contributed by atoms with E-state index < -0.39 is 0 Å². The summed E-state index contributed by atoms with van der Waals surface area (Å²) in [5, 5.41) is 10.4. The molecular formula is C15H20N2O2S. The molecule has 0 unspecified atom stereocenters. The van der Waals surface area contributed by atoms with Gasteiger partial charge in [0.05, 0.1) is 25.1 Å². The molecule has 0 fully saturated rings. The van der Waals surface area contributed by atoms with Crippen molar-refractivity contribution < 1.29 is 9.84 Å². The zero-order chi connectivity index (χ0) is 14.4. The summed E-state index contributed by atoms with van der Waals surface area (Å²) in [4.78, 5) is 4.38. The minimum Gasteiger partial charge on any atom is -0.390 e. The van der Waals surface area contributed by atoms with Crippen molar-refractivity contribution in [1.29, 1.82) is 0 Å². The molecule has 4 nitrogen and oxygen atoms in total. The Hall–Kier alpha value is -1.30. The fourth-order valence-electron chi connectivity index (χ4n) is 1.89. The molecule has 0 saturated carbocycles. The first kappa shape index (κ1) is 15.1. The Kier molecular flexibility index (Phi) is 5.64.